The van der Waals surface area contributed by atoms with E-state index in [0.717, 1.165) is 49.9 Å². The molecule has 0 aromatic heterocycles. The first-order chi connectivity index (χ1) is 12.6. The summed E-state index contributed by atoms with van der Waals surface area (Å²) >= 11 is 0. The van der Waals surface area contributed by atoms with Crippen molar-refractivity contribution in [3.8, 4) is 0 Å². The Labute approximate surface area is 155 Å². The Bertz CT molecular complexity index is 721. The smallest absolute Gasteiger partial charge is 0.222 e. The largest absolute Gasteiger partial charge is 0.343 e. The van der Waals surface area contributed by atoms with Gasteiger partial charge in [0.15, 0.2) is 0 Å². The number of hydrogen-bond donors (Lipinski definition) is 1. The monoisotopic (exact) mass is 354 g/mol. The van der Waals surface area contributed by atoms with E-state index in [9.17, 15) is 9.18 Å². The lowest BCUT2D eigenvalue weighted by atomic mass is 9.90. The molecule has 2 aromatic carbocycles. The Hall–Kier alpha value is -2.20. The molecule has 0 spiro atoms. The highest BCUT2D eigenvalue weighted by Gasteiger charge is 2.22. The molecule has 2 aromatic rings. The summed E-state index contributed by atoms with van der Waals surface area (Å²) in [4.78, 5) is 14.4. The van der Waals surface area contributed by atoms with E-state index in [0.29, 0.717) is 18.9 Å². The van der Waals surface area contributed by atoms with E-state index in [-0.39, 0.29) is 11.7 Å². The minimum absolute atomic E-state index is 0.172. The van der Waals surface area contributed by atoms with Gasteiger partial charge in [-0.25, -0.2) is 4.39 Å². The number of piperidine rings is 1. The summed E-state index contributed by atoms with van der Waals surface area (Å²) in [6.45, 7) is 2.17. The van der Waals surface area contributed by atoms with Crippen molar-refractivity contribution in [2.24, 2.45) is 11.7 Å². The van der Waals surface area contributed by atoms with Crippen molar-refractivity contribution in [3.05, 3.63) is 71.0 Å². The van der Waals surface area contributed by atoms with Crippen LogP contribution in [0.4, 0.5) is 4.39 Å². The molecular formula is C22H27FN2O. The van der Waals surface area contributed by atoms with Crippen LogP contribution in [0.2, 0.25) is 0 Å². The Kier molecular flexibility index (Phi) is 6.40. The fourth-order valence-electron chi connectivity index (χ4n) is 3.64. The number of hydrogen-bond acceptors (Lipinski definition) is 2. The molecule has 3 rings (SSSR count). The van der Waals surface area contributed by atoms with Crippen molar-refractivity contribution in [1.29, 1.82) is 0 Å². The van der Waals surface area contributed by atoms with Gasteiger partial charge in [-0.05, 0) is 60.4 Å². The van der Waals surface area contributed by atoms with Crippen LogP contribution in [0.3, 0.4) is 0 Å². The third-order valence-corrected chi connectivity index (χ3v) is 5.27. The molecule has 26 heavy (non-hydrogen) atoms. The van der Waals surface area contributed by atoms with Crippen LogP contribution in [0.5, 0.6) is 0 Å². The first-order valence-corrected chi connectivity index (χ1v) is 9.44. The van der Waals surface area contributed by atoms with E-state index in [1.54, 1.807) is 12.1 Å². The van der Waals surface area contributed by atoms with E-state index in [4.69, 9.17) is 5.73 Å². The normalized spacial score (nSPS) is 15.2. The summed E-state index contributed by atoms with van der Waals surface area (Å²) in [5.74, 6) is 0.594. The van der Waals surface area contributed by atoms with Crippen LogP contribution in [0.15, 0.2) is 48.5 Å². The molecule has 1 saturated heterocycles. The summed E-state index contributed by atoms with van der Waals surface area (Å²) in [5, 5.41) is 0. The van der Waals surface area contributed by atoms with E-state index in [1.807, 2.05) is 23.1 Å². The summed E-state index contributed by atoms with van der Waals surface area (Å²) in [7, 11) is 0. The number of benzene rings is 2. The highest BCUT2D eigenvalue weighted by Crippen LogP contribution is 2.22. The van der Waals surface area contributed by atoms with Crippen LogP contribution < -0.4 is 5.73 Å². The molecule has 1 amide bonds. The van der Waals surface area contributed by atoms with Crippen LogP contribution in [-0.2, 0) is 24.2 Å². The number of amides is 1. The topological polar surface area (TPSA) is 46.3 Å². The number of rotatable bonds is 6. The number of nitrogens with two attached hydrogens (primary N) is 1. The number of nitrogens with zero attached hydrogens (tertiary/aromatic N) is 1. The summed E-state index contributed by atoms with van der Waals surface area (Å²) in [6.07, 6.45) is 4.21. The van der Waals surface area contributed by atoms with Crippen LogP contribution in [-0.4, -0.2) is 23.9 Å². The Morgan fingerprint density at radius 3 is 2.38 bits per heavy atom. The van der Waals surface area contributed by atoms with Crippen LogP contribution >= 0.6 is 0 Å². The van der Waals surface area contributed by atoms with Crippen molar-refractivity contribution in [2.45, 2.75) is 38.6 Å². The number of carbonyl (C=O) groups excluding carboxylic acids is 1. The zero-order valence-corrected chi connectivity index (χ0v) is 15.2. The first kappa shape index (κ1) is 18.6. The van der Waals surface area contributed by atoms with Crippen LogP contribution in [0.1, 0.15) is 36.0 Å². The molecule has 0 aliphatic carbocycles. The van der Waals surface area contributed by atoms with Gasteiger partial charge in [-0.15, -0.1) is 0 Å². The van der Waals surface area contributed by atoms with E-state index < -0.39 is 0 Å². The van der Waals surface area contributed by atoms with E-state index >= 15 is 0 Å². The predicted molar refractivity (Wildman–Crippen MR) is 102 cm³/mol. The maximum atomic E-state index is 13.3. The molecule has 0 radical (unpaired) electrons. The van der Waals surface area contributed by atoms with E-state index in [2.05, 4.69) is 12.1 Å². The molecule has 0 unspecified atom stereocenters. The molecule has 0 bridgehead atoms. The zero-order chi connectivity index (χ0) is 18.4. The summed E-state index contributed by atoms with van der Waals surface area (Å²) < 4.78 is 13.3. The third kappa shape index (κ3) is 5.15. The average Bonchev–Trinajstić information content (AvgIpc) is 2.67. The van der Waals surface area contributed by atoms with Gasteiger partial charge in [-0.3, -0.25) is 4.79 Å². The molecule has 2 N–H and O–H groups in total. The van der Waals surface area contributed by atoms with Crippen molar-refractivity contribution in [1.82, 2.24) is 4.90 Å². The van der Waals surface area contributed by atoms with Gasteiger partial charge in [0.05, 0.1) is 0 Å². The minimum Gasteiger partial charge on any atom is -0.343 e. The highest BCUT2D eigenvalue weighted by atomic mass is 19.1. The molecule has 138 valence electrons. The molecule has 1 fully saturated rings. The van der Waals surface area contributed by atoms with Crippen molar-refractivity contribution < 1.29 is 9.18 Å². The number of halogens is 1. The molecular weight excluding hydrogens is 327 g/mol. The molecule has 1 aliphatic heterocycles. The standard InChI is InChI=1S/C22H27FN2O/c23-21-3-1-2-20(15-21)14-18-10-12-25(13-11-18)22(26)9-8-17-4-6-19(16-24)7-5-17/h1-7,15,18H,8-14,16,24H2. The lowest BCUT2D eigenvalue weighted by Gasteiger charge is -2.32. The Morgan fingerprint density at radius 2 is 1.73 bits per heavy atom. The third-order valence-electron chi connectivity index (χ3n) is 5.27. The predicted octanol–water partition coefficient (Wildman–Crippen LogP) is 3.70. The van der Waals surface area contributed by atoms with E-state index in [1.165, 1.54) is 11.6 Å². The maximum Gasteiger partial charge on any atom is 0.222 e. The van der Waals surface area contributed by atoms with Gasteiger partial charge in [0.25, 0.3) is 0 Å². The highest BCUT2D eigenvalue weighted by molar-refractivity contribution is 5.76. The quantitative estimate of drug-likeness (QED) is 0.860. The molecule has 1 heterocycles. The summed E-state index contributed by atoms with van der Waals surface area (Å²) in [6, 6.07) is 15.0. The minimum atomic E-state index is -0.172. The molecule has 3 nitrogen and oxygen atoms in total. The van der Waals surface area contributed by atoms with Crippen molar-refractivity contribution >= 4 is 5.91 Å². The lowest BCUT2D eigenvalue weighted by Crippen LogP contribution is -2.39. The second kappa shape index (κ2) is 8.95. The lowest BCUT2D eigenvalue weighted by molar-refractivity contribution is -0.132. The molecule has 4 heteroatoms. The van der Waals surface area contributed by atoms with Crippen molar-refractivity contribution in [2.75, 3.05) is 13.1 Å². The SMILES string of the molecule is NCc1ccc(CCC(=O)N2CCC(Cc3cccc(F)c3)CC2)cc1. The summed E-state index contributed by atoms with van der Waals surface area (Å²) in [5.41, 5.74) is 8.95. The Balaban J connectivity index is 1.42. The number of likely N-dealkylation sites (tertiary alicyclic amines) is 1. The fourth-order valence-corrected chi connectivity index (χ4v) is 3.64. The molecule has 1 aliphatic rings. The molecule has 0 atom stereocenters. The van der Waals surface area contributed by atoms with Crippen LogP contribution in [0, 0.1) is 11.7 Å². The van der Waals surface area contributed by atoms with Gasteiger partial charge in [0.2, 0.25) is 5.91 Å². The Morgan fingerprint density at radius 1 is 1.04 bits per heavy atom. The number of carbonyl (C=O) groups is 1. The maximum absolute atomic E-state index is 13.3. The van der Waals surface area contributed by atoms with Gasteiger partial charge >= 0.3 is 0 Å². The molecule has 0 saturated carbocycles. The second-order valence-electron chi connectivity index (χ2n) is 7.18. The zero-order valence-electron chi connectivity index (χ0n) is 15.2. The van der Waals surface area contributed by atoms with Crippen LogP contribution in [0.25, 0.3) is 0 Å². The average molecular weight is 354 g/mol. The van der Waals surface area contributed by atoms with Gasteiger partial charge in [-0.1, -0.05) is 36.4 Å². The van der Waals surface area contributed by atoms with Gasteiger partial charge in [-0.2, -0.15) is 0 Å². The van der Waals surface area contributed by atoms with Gasteiger partial charge < -0.3 is 10.6 Å². The first-order valence-electron chi connectivity index (χ1n) is 9.44. The number of aryl methyl sites for hydroxylation is 1. The van der Waals surface area contributed by atoms with Gasteiger partial charge in [0.1, 0.15) is 5.82 Å². The van der Waals surface area contributed by atoms with Crippen molar-refractivity contribution in [3.63, 3.8) is 0 Å². The fraction of sp³-hybridized carbons (Fsp3) is 0.409. The second-order valence-corrected chi connectivity index (χ2v) is 7.18. The van der Waals surface area contributed by atoms with Gasteiger partial charge in [0, 0.05) is 26.1 Å².